The Kier molecular flexibility index (Phi) is 3.40. The van der Waals surface area contributed by atoms with Crippen LogP contribution in [0.25, 0.3) is 10.4 Å². The van der Waals surface area contributed by atoms with E-state index in [1.54, 1.807) is 0 Å². The van der Waals surface area contributed by atoms with Crippen LogP contribution in [-0.4, -0.2) is 25.9 Å². The molecule has 2 N–H and O–H groups in total. The van der Waals surface area contributed by atoms with Gasteiger partial charge in [-0.1, -0.05) is 11.2 Å². The third kappa shape index (κ3) is 3.15. The second-order valence-corrected chi connectivity index (χ2v) is 5.55. The molecule has 17 heavy (non-hydrogen) atoms. The van der Waals surface area contributed by atoms with Gasteiger partial charge in [0.1, 0.15) is 9.79 Å². The lowest BCUT2D eigenvalue weighted by Gasteiger charge is -2.04. The van der Waals surface area contributed by atoms with Crippen LogP contribution in [0.2, 0.25) is 0 Å². The lowest BCUT2D eigenvalue weighted by atomic mass is 10.3. The summed E-state index contributed by atoms with van der Waals surface area (Å²) >= 11 is 0. The van der Waals surface area contributed by atoms with E-state index in [-0.39, 0.29) is 5.69 Å². The van der Waals surface area contributed by atoms with E-state index in [9.17, 15) is 16.8 Å². The van der Waals surface area contributed by atoms with Crippen molar-refractivity contribution in [1.29, 1.82) is 0 Å². The van der Waals surface area contributed by atoms with Crippen LogP contribution >= 0.6 is 0 Å². The monoisotopic (exact) mass is 279 g/mol. The second kappa shape index (κ2) is 4.31. The molecule has 0 fully saturated rings. The van der Waals surface area contributed by atoms with Gasteiger partial charge in [0, 0.05) is 10.6 Å². The summed E-state index contributed by atoms with van der Waals surface area (Å²) in [6.45, 7) is 0. The lowest BCUT2D eigenvalue weighted by molar-refractivity contribution is 0.466. The van der Waals surface area contributed by atoms with Crippen LogP contribution in [0.1, 0.15) is 0 Å². The summed E-state index contributed by atoms with van der Waals surface area (Å²) in [6.07, 6.45) is 0. The van der Waals surface area contributed by atoms with Crippen molar-refractivity contribution in [2.75, 3.05) is 0 Å². The van der Waals surface area contributed by atoms with Gasteiger partial charge in [0.25, 0.3) is 20.2 Å². The Morgan fingerprint density at radius 1 is 1.06 bits per heavy atom. The summed E-state index contributed by atoms with van der Waals surface area (Å²) in [4.78, 5) is 0.290. The maximum absolute atomic E-state index is 10.9. The Bertz CT molecular complexity index is 701. The van der Waals surface area contributed by atoms with Crippen molar-refractivity contribution >= 4 is 25.9 Å². The molecule has 1 rings (SSSR count). The molecule has 1 aromatic carbocycles. The fourth-order valence-electron chi connectivity index (χ4n) is 1.03. The largest absolute Gasteiger partial charge is 0.295 e. The topological polar surface area (TPSA) is 158 Å². The van der Waals surface area contributed by atoms with Crippen LogP contribution in [0.5, 0.6) is 0 Å². The predicted octanol–water partition coefficient (Wildman–Crippen LogP) is 1.12. The minimum absolute atomic E-state index is 0.229. The van der Waals surface area contributed by atoms with Gasteiger partial charge in [-0.3, -0.25) is 9.11 Å². The highest BCUT2D eigenvalue weighted by Crippen LogP contribution is 2.25. The number of hydrogen-bond donors (Lipinski definition) is 2. The molecule has 0 spiro atoms. The molecule has 0 radical (unpaired) electrons. The van der Waals surface area contributed by atoms with Gasteiger partial charge in [0.15, 0.2) is 0 Å². The normalized spacial score (nSPS) is 11.9. The molecular formula is C6H5N3O6S2. The Morgan fingerprint density at radius 2 is 1.59 bits per heavy atom. The van der Waals surface area contributed by atoms with E-state index in [1.165, 1.54) is 0 Å². The zero-order chi connectivity index (χ0) is 13.3. The highest BCUT2D eigenvalue weighted by molar-refractivity contribution is 7.89. The Morgan fingerprint density at radius 3 is 2.00 bits per heavy atom. The first kappa shape index (κ1) is 13.4. The van der Waals surface area contributed by atoms with Gasteiger partial charge in [-0.25, -0.2) is 0 Å². The summed E-state index contributed by atoms with van der Waals surface area (Å²) in [5.74, 6) is 0. The maximum atomic E-state index is 10.9. The molecule has 0 aliphatic rings. The first-order valence-electron chi connectivity index (χ1n) is 3.80. The number of rotatable bonds is 3. The minimum atomic E-state index is -4.88. The summed E-state index contributed by atoms with van der Waals surface area (Å²) in [6, 6.07) is 2.29. The third-order valence-electron chi connectivity index (χ3n) is 1.64. The molecule has 0 saturated carbocycles. The van der Waals surface area contributed by atoms with E-state index in [4.69, 9.17) is 14.6 Å². The number of azide groups is 1. The Balaban J connectivity index is 3.72. The van der Waals surface area contributed by atoms with E-state index in [0.29, 0.717) is 12.1 Å². The van der Waals surface area contributed by atoms with Crippen molar-refractivity contribution in [3.8, 4) is 0 Å². The molecule has 0 aromatic heterocycles. The van der Waals surface area contributed by atoms with E-state index in [0.717, 1.165) is 6.07 Å². The average Bonchev–Trinajstić information content (AvgIpc) is 2.15. The van der Waals surface area contributed by atoms with E-state index < -0.39 is 30.0 Å². The van der Waals surface area contributed by atoms with Gasteiger partial charge in [0.2, 0.25) is 0 Å². The highest BCUT2D eigenvalue weighted by atomic mass is 32.2. The van der Waals surface area contributed by atoms with Gasteiger partial charge in [-0.05, 0) is 17.7 Å². The van der Waals surface area contributed by atoms with Gasteiger partial charge < -0.3 is 0 Å². The fourth-order valence-corrected chi connectivity index (χ4v) is 2.80. The van der Waals surface area contributed by atoms with Crippen LogP contribution in [0, 0.1) is 0 Å². The van der Waals surface area contributed by atoms with Crippen molar-refractivity contribution in [1.82, 2.24) is 0 Å². The van der Waals surface area contributed by atoms with E-state index in [2.05, 4.69) is 10.0 Å². The van der Waals surface area contributed by atoms with Crippen molar-refractivity contribution in [2.45, 2.75) is 9.79 Å². The smallest absolute Gasteiger partial charge is 0.282 e. The zero-order valence-corrected chi connectivity index (χ0v) is 9.55. The maximum Gasteiger partial charge on any atom is 0.295 e. The quantitative estimate of drug-likeness (QED) is 0.365. The molecule has 92 valence electrons. The number of nitrogens with zero attached hydrogens (tertiary/aromatic N) is 3. The van der Waals surface area contributed by atoms with Crippen LogP contribution in [0.3, 0.4) is 0 Å². The van der Waals surface area contributed by atoms with E-state index >= 15 is 0 Å². The molecule has 0 saturated heterocycles. The Labute approximate surface area is 95.8 Å². The molecule has 1 aromatic rings. The van der Waals surface area contributed by atoms with Gasteiger partial charge in [-0.2, -0.15) is 16.8 Å². The summed E-state index contributed by atoms with van der Waals surface area (Å²) in [5, 5.41) is 3.03. The van der Waals surface area contributed by atoms with Crippen LogP contribution in [-0.2, 0) is 20.2 Å². The molecule has 0 unspecified atom stereocenters. The van der Waals surface area contributed by atoms with Crippen molar-refractivity contribution in [2.24, 2.45) is 5.11 Å². The van der Waals surface area contributed by atoms with Gasteiger partial charge in [0.05, 0.1) is 0 Å². The second-order valence-electron chi connectivity index (χ2n) is 2.77. The van der Waals surface area contributed by atoms with Gasteiger partial charge in [-0.15, -0.1) is 0 Å². The third-order valence-corrected chi connectivity index (χ3v) is 3.58. The molecule has 11 heteroatoms. The first-order valence-corrected chi connectivity index (χ1v) is 6.68. The Hall–Kier alpha value is -1.65. The number of hydrogen-bond acceptors (Lipinski definition) is 5. The SMILES string of the molecule is [N-]=[N+]=Nc1ccc(S(=O)(=O)O)c(S(=O)(=O)O)c1. The van der Waals surface area contributed by atoms with E-state index in [1.807, 2.05) is 0 Å². The van der Waals surface area contributed by atoms with Crippen molar-refractivity contribution < 1.29 is 25.9 Å². The predicted molar refractivity (Wildman–Crippen MR) is 54.9 cm³/mol. The van der Waals surface area contributed by atoms with Crippen molar-refractivity contribution in [3.05, 3.63) is 28.6 Å². The first-order chi connectivity index (χ1) is 7.66. The summed E-state index contributed by atoms with van der Waals surface area (Å²) < 4.78 is 61.0. The van der Waals surface area contributed by atoms with Gasteiger partial charge >= 0.3 is 0 Å². The van der Waals surface area contributed by atoms with Crippen LogP contribution in [0.15, 0.2) is 33.1 Å². The van der Waals surface area contributed by atoms with Crippen LogP contribution in [0.4, 0.5) is 5.69 Å². The summed E-state index contributed by atoms with van der Waals surface area (Å²) in [5.41, 5.74) is 7.89. The molecule has 0 heterocycles. The zero-order valence-electron chi connectivity index (χ0n) is 7.92. The van der Waals surface area contributed by atoms with Crippen LogP contribution < -0.4 is 0 Å². The number of benzene rings is 1. The molecule has 0 aliphatic heterocycles. The molecule has 9 nitrogen and oxygen atoms in total. The molecule has 0 bridgehead atoms. The lowest BCUT2D eigenvalue weighted by Crippen LogP contribution is -2.07. The molecule has 0 atom stereocenters. The molecule has 0 aliphatic carbocycles. The summed E-state index contributed by atoms with van der Waals surface area (Å²) in [7, 11) is -9.70. The fraction of sp³-hybridized carbons (Fsp3) is 0. The molecular weight excluding hydrogens is 274 g/mol. The average molecular weight is 279 g/mol. The van der Waals surface area contributed by atoms with Crippen molar-refractivity contribution in [3.63, 3.8) is 0 Å². The minimum Gasteiger partial charge on any atom is -0.282 e. The standard InChI is InChI=1S/C6H5N3O6S2/c7-9-8-4-1-2-5(16(10,11)12)6(3-4)17(13,14)15/h1-3H,(H,10,11,12)(H,13,14,15). The molecule has 0 amide bonds. The highest BCUT2D eigenvalue weighted by Gasteiger charge is 2.23.